The van der Waals surface area contributed by atoms with Crippen molar-refractivity contribution in [3.05, 3.63) is 35.9 Å². The molecular formula is C20H31N. The van der Waals surface area contributed by atoms with Gasteiger partial charge in [0.05, 0.1) is 0 Å². The van der Waals surface area contributed by atoms with Gasteiger partial charge in [0.25, 0.3) is 0 Å². The SMILES string of the molecule is CCCCCC12CCCC1CN(Cc1ccccc1)CC2. The zero-order valence-corrected chi connectivity index (χ0v) is 13.7. The first-order valence-corrected chi connectivity index (χ1v) is 9.09. The van der Waals surface area contributed by atoms with E-state index in [1.165, 1.54) is 70.0 Å². The van der Waals surface area contributed by atoms with E-state index < -0.39 is 0 Å². The summed E-state index contributed by atoms with van der Waals surface area (Å²) in [5, 5.41) is 0. The molecule has 1 aliphatic heterocycles. The van der Waals surface area contributed by atoms with E-state index in [0.29, 0.717) is 0 Å². The number of unbranched alkanes of at least 4 members (excludes halogenated alkanes) is 2. The highest BCUT2D eigenvalue weighted by atomic mass is 15.1. The minimum absolute atomic E-state index is 0.725. The van der Waals surface area contributed by atoms with Gasteiger partial charge in [0.2, 0.25) is 0 Å². The Bertz CT molecular complexity index is 427. The van der Waals surface area contributed by atoms with Crippen LogP contribution in [0.25, 0.3) is 0 Å². The molecule has 3 rings (SSSR count). The number of hydrogen-bond donors (Lipinski definition) is 0. The van der Waals surface area contributed by atoms with Gasteiger partial charge in [0, 0.05) is 13.1 Å². The predicted molar refractivity (Wildman–Crippen MR) is 90.3 cm³/mol. The average molecular weight is 285 g/mol. The first-order chi connectivity index (χ1) is 10.3. The molecule has 1 saturated heterocycles. The summed E-state index contributed by atoms with van der Waals surface area (Å²) in [4.78, 5) is 2.71. The highest BCUT2D eigenvalue weighted by Crippen LogP contribution is 2.52. The Labute approximate surface area is 130 Å². The maximum atomic E-state index is 2.71. The summed E-state index contributed by atoms with van der Waals surface area (Å²) in [6.07, 6.45) is 11.7. The molecule has 2 aliphatic rings. The van der Waals surface area contributed by atoms with Crippen molar-refractivity contribution < 1.29 is 0 Å². The molecule has 1 aliphatic carbocycles. The zero-order chi connectivity index (χ0) is 14.5. The van der Waals surface area contributed by atoms with Crippen molar-refractivity contribution in [2.24, 2.45) is 11.3 Å². The van der Waals surface area contributed by atoms with Crippen molar-refractivity contribution in [3.63, 3.8) is 0 Å². The van der Waals surface area contributed by atoms with Crippen LogP contribution in [0.1, 0.15) is 63.9 Å². The monoisotopic (exact) mass is 285 g/mol. The second-order valence-corrected chi connectivity index (χ2v) is 7.38. The van der Waals surface area contributed by atoms with Crippen LogP contribution >= 0.6 is 0 Å². The summed E-state index contributed by atoms with van der Waals surface area (Å²) in [6.45, 7) is 6.15. The third-order valence-electron chi connectivity index (χ3n) is 6.03. The number of nitrogens with zero attached hydrogens (tertiary/aromatic N) is 1. The molecule has 2 unspecified atom stereocenters. The standard InChI is InChI=1S/C20H31N/c1-2-3-7-12-20-13-8-11-19(20)17-21(15-14-20)16-18-9-5-4-6-10-18/h4-6,9-10,19H,2-3,7-8,11-17H2,1H3. The molecule has 2 fully saturated rings. The summed E-state index contributed by atoms with van der Waals surface area (Å²) in [7, 11) is 0. The van der Waals surface area contributed by atoms with Crippen LogP contribution in [0.15, 0.2) is 30.3 Å². The molecule has 1 heteroatoms. The van der Waals surface area contributed by atoms with Gasteiger partial charge in [-0.3, -0.25) is 4.90 Å². The predicted octanol–water partition coefficient (Wildman–Crippen LogP) is 5.26. The van der Waals surface area contributed by atoms with Crippen molar-refractivity contribution in [1.82, 2.24) is 4.90 Å². The molecule has 1 aromatic rings. The first kappa shape index (κ1) is 15.1. The first-order valence-electron chi connectivity index (χ1n) is 9.09. The molecule has 1 nitrogen and oxygen atoms in total. The van der Waals surface area contributed by atoms with Crippen LogP contribution in [0, 0.1) is 11.3 Å². The Hall–Kier alpha value is -0.820. The van der Waals surface area contributed by atoms with Crippen LogP contribution < -0.4 is 0 Å². The van der Waals surface area contributed by atoms with Crippen LogP contribution in [-0.4, -0.2) is 18.0 Å². The molecule has 21 heavy (non-hydrogen) atoms. The maximum absolute atomic E-state index is 2.71. The lowest BCUT2D eigenvalue weighted by molar-refractivity contribution is 0.0428. The number of rotatable bonds is 6. The Kier molecular flexibility index (Phi) is 5.00. The number of piperidine rings is 1. The lowest BCUT2D eigenvalue weighted by atomic mass is 9.69. The molecule has 2 atom stereocenters. The third-order valence-corrected chi connectivity index (χ3v) is 6.03. The molecule has 0 amide bonds. The van der Waals surface area contributed by atoms with Gasteiger partial charge in [-0.25, -0.2) is 0 Å². The molecular weight excluding hydrogens is 254 g/mol. The summed E-state index contributed by atoms with van der Waals surface area (Å²) in [6, 6.07) is 11.0. The molecule has 0 spiro atoms. The fourth-order valence-electron chi connectivity index (χ4n) is 4.78. The average Bonchev–Trinajstić information content (AvgIpc) is 2.92. The molecule has 1 heterocycles. The molecule has 116 valence electrons. The van der Waals surface area contributed by atoms with E-state index >= 15 is 0 Å². The van der Waals surface area contributed by atoms with E-state index in [4.69, 9.17) is 0 Å². The van der Waals surface area contributed by atoms with Crippen molar-refractivity contribution in [2.75, 3.05) is 13.1 Å². The van der Waals surface area contributed by atoms with Crippen LogP contribution in [0.2, 0.25) is 0 Å². The Morgan fingerprint density at radius 3 is 2.81 bits per heavy atom. The van der Waals surface area contributed by atoms with Crippen LogP contribution in [0.4, 0.5) is 0 Å². The van der Waals surface area contributed by atoms with Crippen molar-refractivity contribution >= 4 is 0 Å². The molecule has 0 radical (unpaired) electrons. The molecule has 0 N–H and O–H groups in total. The summed E-state index contributed by atoms with van der Waals surface area (Å²) >= 11 is 0. The normalized spacial score (nSPS) is 29.5. The lowest BCUT2D eigenvalue weighted by Crippen LogP contribution is -2.44. The molecule has 1 aromatic carbocycles. The number of benzene rings is 1. The van der Waals surface area contributed by atoms with E-state index in [2.05, 4.69) is 42.2 Å². The molecule has 0 aromatic heterocycles. The second kappa shape index (κ2) is 6.96. The Balaban J connectivity index is 1.58. The summed E-state index contributed by atoms with van der Waals surface area (Å²) < 4.78 is 0. The van der Waals surface area contributed by atoms with E-state index in [9.17, 15) is 0 Å². The number of likely N-dealkylation sites (tertiary alicyclic amines) is 1. The van der Waals surface area contributed by atoms with Crippen molar-refractivity contribution in [2.45, 2.75) is 64.8 Å². The van der Waals surface area contributed by atoms with Gasteiger partial charge in [0.15, 0.2) is 0 Å². The van der Waals surface area contributed by atoms with Crippen molar-refractivity contribution in [3.8, 4) is 0 Å². The van der Waals surface area contributed by atoms with Crippen LogP contribution in [-0.2, 0) is 6.54 Å². The van der Waals surface area contributed by atoms with Crippen LogP contribution in [0.5, 0.6) is 0 Å². The second-order valence-electron chi connectivity index (χ2n) is 7.38. The lowest BCUT2D eigenvalue weighted by Gasteiger charge is -2.45. The van der Waals surface area contributed by atoms with Gasteiger partial charge in [-0.1, -0.05) is 62.9 Å². The van der Waals surface area contributed by atoms with Gasteiger partial charge in [0.1, 0.15) is 0 Å². The minimum Gasteiger partial charge on any atom is -0.299 e. The van der Waals surface area contributed by atoms with Gasteiger partial charge >= 0.3 is 0 Å². The highest BCUT2D eigenvalue weighted by Gasteiger charge is 2.45. The van der Waals surface area contributed by atoms with E-state index in [-0.39, 0.29) is 0 Å². The van der Waals surface area contributed by atoms with Crippen molar-refractivity contribution in [1.29, 1.82) is 0 Å². The zero-order valence-electron chi connectivity index (χ0n) is 13.7. The Morgan fingerprint density at radius 1 is 1.14 bits per heavy atom. The van der Waals surface area contributed by atoms with Gasteiger partial charge < -0.3 is 0 Å². The number of hydrogen-bond acceptors (Lipinski definition) is 1. The molecule has 1 saturated carbocycles. The third kappa shape index (κ3) is 3.51. The number of fused-ring (bicyclic) bond motifs is 1. The molecule has 0 bridgehead atoms. The van der Waals surface area contributed by atoms with Gasteiger partial charge in [-0.2, -0.15) is 0 Å². The maximum Gasteiger partial charge on any atom is 0.0233 e. The van der Waals surface area contributed by atoms with Crippen LogP contribution in [0.3, 0.4) is 0 Å². The quantitative estimate of drug-likeness (QED) is 0.644. The smallest absolute Gasteiger partial charge is 0.0233 e. The van der Waals surface area contributed by atoms with E-state index in [1.807, 2.05) is 0 Å². The minimum atomic E-state index is 0.725. The van der Waals surface area contributed by atoms with E-state index in [0.717, 1.165) is 17.9 Å². The fourth-order valence-corrected chi connectivity index (χ4v) is 4.78. The largest absolute Gasteiger partial charge is 0.299 e. The fraction of sp³-hybridized carbons (Fsp3) is 0.700. The van der Waals surface area contributed by atoms with Gasteiger partial charge in [-0.15, -0.1) is 0 Å². The summed E-state index contributed by atoms with van der Waals surface area (Å²) in [5.74, 6) is 0.979. The van der Waals surface area contributed by atoms with Gasteiger partial charge in [-0.05, 0) is 49.1 Å². The van der Waals surface area contributed by atoms with E-state index in [1.54, 1.807) is 0 Å². The Morgan fingerprint density at radius 2 is 2.00 bits per heavy atom. The summed E-state index contributed by atoms with van der Waals surface area (Å²) in [5.41, 5.74) is 2.21. The highest BCUT2D eigenvalue weighted by molar-refractivity contribution is 5.14. The topological polar surface area (TPSA) is 3.24 Å².